The van der Waals surface area contributed by atoms with Crippen molar-refractivity contribution in [2.75, 3.05) is 0 Å². The van der Waals surface area contributed by atoms with Crippen molar-refractivity contribution in [3.05, 3.63) is 31.9 Å². The maximum Gasteiger partial charge on any atom is 0.0758 e. The second kappa shape index (κ2) is 5.29. The summed E-state index contributed by atoms with van der Waals surface area (Å²) in [4.78, 5) is 0. The van der Waals surface area contributed by atoms with E-state index < -0.39 is 0 Å². The summed E-state index contributed by atoms with van der Waals surface area (Å²) in [6.45, 7) is 3.68. The van der Waals surface area contributed by atoms with Gasteiger partial charge in [0.05, 0.1) is 7.57 Å². The summed E-state index contributed by atoms with van der Waals surface area (Å²) in [5.74, 6) is 0. The zero-order valence-corrected chi connectivity index (χ0v) is 11.1. The van der Waals surface area contributed by atoms with E-state index in [0.717, 1.165) is 20.4 Å². The molecule has 1 aromatic heterocycles. The number of halogens is 2. The Morgan fingerprint density at radius 2 is 2.31 bits per heavy atom. The van der Waals surface area contributed by atoms with E-state index in [0.29, 0.717) is 0 Å². The van der Waals surface area contributed by atoms with Gasteiger partial charge >= 0.3 is 0 Å². The highest BCUT2D eigenvalue weighted by atomic mass is 79.9. The van der Waals surface area contributed by atoms with Crippen LogP contribution in [0.5, 0.6) is 0 Å². The van der Waals surface area contributed by atoms with E-state index in [-0.39, 0.29) is 6.04 Å². The van der Waals surface area contributed by atoms with Crippen molar-refractivity contribution in [3.63, 3.8) is 0 Å². The van der Waals surface area contributed by atoms with Gasteiger partial charge in [-0.2, -0.15) is 0 Å². The lowest BCUT2D eigenvalue weighted by molar-refractivity contribution is 0.661. The van der Waals surface area contributed by atoms with Crippen LogP contribution in [0.15, 0.2) is 26.3 Å². The van der Waals surface area contributed by atoms with Gasteiger partial charge in [-0.25, -0.2) is 0 Å². The molecule has 0 saturated heterocycles. The summed E-state index contributed by atoms with van der Waals surface area (Å²) in [5.41, 5.74) is 7.18. The Kier molecular flexibility index (Phi) is 4.66. The first-order chi connectivity index (χ1) is 6.15. The van der Waals surface area contributed by atoms with Gasteiger partial charge in [0.1, 0.15) is 0 Å². The molecule has 0 aliphatic rings. The molecule has 1 unspecified atom stereocenters. The van der Waals surface area contributed by atoms with Gasteiger partial charge in [-0.05, 0) is 56.3 Å². The zero-order valence-electron chi connectivity index (χ0n) is 7.09. The highest BCUT2D eigenvalue weighted by molar-refractivity contribution is 9.12. The molecule has 1 atom stereocenters. The first kappa shape index (κ1) is 11.4. The average molecular weight is 325 g/mol. The summed E-state index contributed by atoms with van der Waals surface area (Å²) in [6.07, 6.45) is 3.81. The van der Waals surface area contributed by atoms with Crippen LogP contribution in [0.25, 0.3) is 0 Å². The second-order valence-corrected chi connectivity index (χ2v) is 6.50. The Bertz CT molecular complexity index is 296. The van der Waals surface area contributed by atoms with Crippen molar-refractivity contribution >= 4 is 43.2 Å². The van der Waals surface area contributed by atoms with Crippen LogP contribution < -0.4 is 5.73 Å². The number of nitrogens with two attached hydrogens (primary N) is 1. The van der Waals surface area contributed by atoms with Gasteiger partial charge in [-0.3, -0.25) is 0 Å². The Hall–Kier alpha value is 0.360. The van der Waals surface area contributed by atoms with E-state index in [1.165, 1.54) is 5.56 Å². The number of hydrogen-bond acceptors (Lipinski definition) is 2. The average Bonchev–Trinajstić information content (AvgIpc) is 2.41. The fraction of sp³-hybridized carbons (Fsp3) is 0.333. The molecule has 2 N–H and O–H groups in total. The van der Waals surface area contributed by atoms with Crippen molar-refractivity contribution in [2.24, 2.45) is 5.73 Å². The third kappa shape index (κ3) is 3.20. The molecule has 0 aliphatic carbocycles. The van der Waals surface area contributed by atoms with Gasteiger partial charge in [0.15, 0.2) is 0 Å². The molecule has 0 amide bonds. The van der Waals surface area contributed by atoms with Crippen LogP contribution in [0.2, 0.25) is 0 Å². The molecule has 1 nitrogen and oxygen atoms in total. The predicted octanol–water partition coefficient (Wildman–Crippen LogP) is 4.24. The van der Waals surface area contributed by atoms with Crippen LogP contribution in [0, 0.1) is 0 Å². The first-order valence-corrected chi connectivity index (χ1v) is 6.36. The first-order valence-electron chi connectivity index (χ1n) is 3.96. The topological polar surface area (TPSA) is 26.0 Å². The molecular formula is C9H11Br2NS. The van der Waals surface area contributed by atoms with Crippen LogP contribution in [0.3, 0.4) is 0 Å². The summed E-state index contributed by atoms with van der Waals surface area (Å²) in [5, 5.41) is 0. The van der Waals surface area contributed by atoms with E-state index >= 15 is 0 Å². The standard InChI is InChI=1S/C9H11Br2NS/c1-2-3-4-7(12)6-5-8(10)13-9(6)11/h2,5,7H,1,3-4,12H2. The summed E-state index contributed by atoms with van der Waals surface area (Å²) in [7, 11) is 0. The molecule has 0 spiro atoms. The van der Waals surface area contributed by atoms with Crippen LogP contribution >= 0.6 is 43.2 Å². The summed E-state index contributed by atoms with van der Waals surface area (Å²) >= 11 is 8.58. The number of hydrogen-bond donors (Lipinski definition) is 1. The predicted molar refractivity (Wildman–Crippen MR) is 66.1 cm³/mol. The van der Waals surface area contributed by atoms with Crippen LogP contribution in [0.4, 0.5) is 0 Å². The smallest absolute Gasteiger partial charge is 0.0758 e. The second-order valence-electron chi connectivity index (χ2n) is 2.75. The van der Waals surface area contributed by atoms with E-state index in [2.05, 4.69) is 44.5 Å². The lowest BCUT2D eigenvalue weighted by Crippen LogP contribution is -2.08. The molecular weight excluding hydrogens is 314 g/mol. The molecule has 4 heteroatoms. The highest BCUT2D eigenvalue weighted by Gasteiger charge is 2.12. The maximum atomic E-state index is 6.00. The Labute approximate surface area is 99.3 Å². The third-order valence-electron chi connectivity index (χ3n) is 1.76. The monoisotopic (exact) mass is 323 g/mol. The summed E-state index contributed by atoms with van der Waals surface area (Å²) in [6, 6.07) is 2.18. The molecule has 0 aliphatic heterocycles. The minimum atomic E-state index is 0.106. The van der Waals surface area contributed by atoms with Gasteiger partial charge in [0.2, 0.25) is 0 Å². The van der Waals surface area contributed by atoms with Crippen molar-refractivity contribution in [3.8, 4) is 0 Å². The normalized spacial score (nSPS) is 12.8. The molecule has 0 saturated carbocycles. The molecule has 13 heavy (non-hydrogen) atoms. The molecule has 72 valence electrons. The summed E-state index contributed by atoms with van der Waals surface area (Å²) < 4.78 is 2.24. The molecule has 0 bridgehead atoms. The molecule has 1 aromatic rings. The van der Waals surface area contributed by atoms with Crippen LogP contribution in [-0.4, -0.2) is 0 Å². The molecule has 1 rings (SSSR count). The molecule has 1 heterocycles. The molecule has 0 aromatic carbocycles. The largest absolute Gasteiger partial charge is 0.324 e. The Morgan fingerprint density at radius 3 is 2.77 bits per heavy atom. The van der Waals surface area contributed by atoms with Crippen LogP contribution in [-0.2, 0) is 0 Å². The van der Waals surface area contributed by atoms with E-state index in [1.807, 2.05) is 6.08 Å². The van der Waals surface area contributed by atoms with Crippen molar-refractivity contribution in [1.29, 1.82) is 0 Å². The third-order valence-corrected chi connectivity index (χ3v) is 4.15. The maximum absolute atomic E-state index is 6.00. The highest BCUT2D eigenvalue weighted by Crippen LogP contribution is 2.35. The van der Waals surface area contributed by atoms with E-state index in [9.17, 15) is 0 Å². The number of allylic oxidation sites excluding steroid dienone is 1. The van der Waals surface area contributed by atoms with E-state index in [1.54, 1.807) is 11.3 Å². The van der Waals surface area contributed by atoms with Gasteiger partial charge < -0.3 is 5.73 Å². The minimum Gasteiger partial charge on any atom is -0.324 e. The van der Waals surface area contributed by atoms with Gasteiger partial charge in [0.25, 0.3) is 0 Å². The molecule has 0 radical (unpaired) electrons. The minimum absolute atomic E-state index is 0.106. The molecule has 0 fully saturated rings. The Morgan fingerprint density at radius 1 is 1.62 bits per heavy atom. The van der Waals surface area contributed by atoms with Gasteiger partial charge in [-0.1, -0.05) is 6.08 Å². The van der Waals surface area contributed by atoms with Crippen molar-refractivity contribution in [2.45, 2.75) is 18.9 Å². The fourth-order valence-corrected chi connectivity index (χ4v) is 4.06. The van der Waals surface area contributed by atoms with Crippen molar-refractivity contribution in [1.82, 2.24) is 0 Å². The van der Waals surface area contributed by atoms with Crippen LogP contribution in [0.1, 0.15) is 24.4 Å². The van der Waals surface area contributed by atoms with E-state index in [4.69, 9.17) is 5.73 Å². The SMILES string of the molecule is C=CCCC(N)c1cc(Br)sc1Br. The van der Waals surface area contributed by atoms with Gasteiger partial charge in [-0.15, -0.1) is 17.9 Å². The van der Waals surface area contributed by atoms with Crippen molar-refractivity contribution < 1.29 is 0 Å². The number of rotatable bonds is 4. The van der Waals surface area contributed by atoms with Gasteiger partial charge in [0, 0.05) is 6.04 Å². The quantitative estimate of drug-likeness (QED) is 0.824. The Balaban J connectivity index is 2.69. The lowest BCUT2D eigenvalue weighted by atomic mass is 10.1. The fourth-order valence-electron chi connectivity index (χ4n) is 1.06. The zero-order chi connectivity index (χ0) is 9.84. The lowest BCUT2D eigenvalue weighted by Gasteiger charge is -2.08. The number of thiophene rings is 1.